The average Bonchev–Trinajstić information content (AvgIpc) is 2.30. The van der Waals surface area contributed by atoms with Gasteiger partial charge in [-0.15, -0.1) is 0 Å². The molecule has 0 unspecified atom stereocenters. The van der Waals surface area contributed by atoms with Gasteiger partial charge in [0, 0.05) is 30.2 Å². The molecule has 0 bridgehead atoms. The third kappa shape index (κ3) is 4.94. The lowest BCUT2D eigenvalue weighted by Gasteiger charge is -2.13. The van der Waals surface area contributed by atoms with Crippen molar-refractivity contribution in [1.82, 2.24) is 0 Å². The van der Waals surface area contributed by atoms with Crippen LogP contribution in [0.3, 0.4) is 0 Å². The summed E-state index contributed by atoms with van der Waals surface area (Å²) in [5.41, 5.74) is 0.717. The van der Waals surface area contributed by atoms with Gasteiger partial charge in [0.15, 0.2) is 0 Å². The van der Waals surface area contributed by atoms with E-state index < -0.39 is 6.10 Å². The second kappa shape index (κ2) is 7.54. The van der Waals surface area contributed by atoms with Gasteiger partial charge < -0.3 is 14.6 Å². The zero-order valence-corrected chi connectivity index (χ0v) is 11.0. The molecule has 1 aromatic rings. The minimum atomic E-state index is -0.587. The summed E-state index contributed by atoms with van der Waals surface area (Å²) in [4.78, 5) is 0. The van der Waals surface area contributed by atoms with Crippen LogP contribution >= 0.6 is 11.6 Å². The Morgan fingerprint density at radius 3 is 2.76 bits per heavy atom. The van der Waals surface area contributed by atoms with Crippen molar-refractivity contribution < 1.29 is 14.6 Å². The lowest BCUT2D eigenvalue weighted by atomic mass is 10.1. The van der Waals surface area contributed by atoms with Crippen molar-refractivity contribution in [2.75, 3.05) is 19.8 Å². The standard InChI is InChI=1S/C13H19ClO3/c1-3-16-7-4-8-17-13-6-5-11(14)9-12(13)10(2)15/h5-6,9-10,15H,3-4,7-8H2,1-2H3/t10-/m1/s1. The highest BCUT2D eigenvalue weighted by Gasteiger charge is 2.09. The summed E-state index contributed by atoms with van der Waals surface area (Å²) in [7, 11) is 0. The van der Waals surface area contributed by atoms with Crippen LogP contribution in [-0.4, -0.2) is 24.9 Å². The molecule has 3 nitrogen and oxygen atoms in total. The maximum atomic E-state index is 9.61. The van der Waals surface area contributed by atoms with Crippen LogP contribution in [0.2, 0.25) is 5.02 Å². The van der Waals surface area contributed by atoms with Gasteiger partial charge in [-0.05, 0) is 32.0 Å². The van der Waals surface area contributed by atoms with Crippen molar-refractivity contribution in [3.63, 3.8) is 0 Å². The monoisotopic (exact) mass is 258 g/mol. The fourth-order valence-electron chi connectivity index (χ4n) is 1.46. The van der Waals surface area contributed by atoms with E-state index in [4.69, 9.17) is 21.1 Å². The molecule has 1 aromatic carbocycles. The summed E-state index contributed by atoms with van der Waals surface area (Å²) < 4.78 is 10.8. The van der Waals surface area contributed by atoms with E-state index in [1.165, 1.54) is 0 Å². The predicted molar refractivity (Wildman–Crippen MR) is 68.7 cm³/mol. The van der Waals surface area contributed by atoms with Crippen molar-refractivity contribution in [1.29, 1.82) is 0 Å². The molecule has 1 rings (SSSR count). The number of benzene rings is 1. The van der Waals surface area contributed by atoms with Crippen LogP contribution in [-0.2, 0) is 4.74 Å². The first-order valence-electron chi connectivity index (χ1n) is 5.83. The van der Waals surface area contributed by atoms with Crippen molar-refractivity contribution in [3.05, 3.63) is 28.8 Å². The van der Waals surface area contributed by atoms with Crippen molar-refractivity contribution in [3.8, 4) is 5.75 Å². The molecule has 0 spiro atoms. The molecule has 0 radical (unpaired) electrons. The molecule has 1 N–H and O–H groups in total. The number of rotatable bonds is 7. The van der Waals surface area contributed by atoms with Gasteiger partial charge in [-0.2, -0.15) is 0 Å². The SMILES string of the molecule is CCOCCCOc1ccc(Cl)cc1[C@@H](C)O. The van der Waals surface area contributed by atoms with Gasteiger partial charge in [-0.1, -0.05) is 11.6 Å². The van der Waals surface area contributed by atoms with E-state index in [-0.39, 0.29) is 0 Å². The number of aliphatic hydroxyl groups excluding tert-OH is 1. The van der Waals surface area contributed by atoms with E-state index in [1.807, 2.05) is 6.92 Å². The van der Waals surface area contributed by atoms with Crippen LogP contribution in [0.25, 0.3) is 0 Å². The highest BCUT2D eigenvalue weighted by molar-refractivity contribution is 6.30. The van der Waals surface area contributed by atoms with Gasteiger partial charge >= 0.3 is 0 Å². The normalized spacial score (nSPS) is 12.5. The number of halogens is 1. The van der Waals surface area contributed by atoms with Crippen molar-refractivity contribution in [2.24, 2.45) is 0 Å². The highest BCUT2D eigenvalue weighted by Crippen LogP contribution is 2.28. The van der Waals surface area contributed by atoms with Crippen LogP contribution in [0.15, 0.2) is 18.2 Å². The molecule has 0 aliphatic heterocycles. The Balaban J connectivity index is 2.52. The summed E-state index contributed by atoms with van der Waals surface area (Å²) in [6, 6.07) is 5.26. The van der Waals surface area contributed by atoms with Gasteiger partial charge in [-0.3, -0.25) is 0 Å². The lowest BCUT2D eigenvalue weighted by Crippen LogP contribution is -2.05. The topological polar surface area (TPSA) is 38.7 Å². The number of ether oxygens (including phenoxy) is 2. The largest absolute Gasteiger partial charge is 0.493 e. The molecule has 17 heavy (non-hydrogen) atoms. The van der Waals surface area contributed by atoms with Gasteiger partial charge in [0.05, 0.1) is 12.7 Å². The summed E-state index contributed by atoms with van der Waals surface area (Å²) in [6.45, 7) is 5.64. The molecule has 96 valence electrons. The molecule has 0 aromatic heterocycles. The van der Waals surface area contributed by atoms with E-state index in [1.54, 1.807) is 25.1 Å². The van der Waals surface area contributed by atoms with Gasteiger partial charge in [0.1, 0.15) is 5.75 Å². The first-order valence-corrected chi connectivity index (χ1v) is 6.21. The summed E-state index contributed by atoms with van der Waals surface area (Å²) >= 11 is 5.88. The van der Waals surface area contributed by atoms with E-state index in [0.29, 0.717) is 29.5 Å². The molecule has 0 aliphatic carbocycles. The second-order valence-electron chi connectivity index (χ2n) is 3.76. The Labute approximate surface area is 107 Å². The smallest absolute Gasteiger partial charge is 0.125 e. The summed E-state index contributed by atoms with van der Waals surface area (Å²) in [6.07, 6.45) is 0.242. The van der Waals surface area contributed by atoms with Gasteiger partial charge in [-0.25, -0.2) is 0 Å². The molecular formula is C13H19ClO3. The molecular weight excluding hydrogens is 240 g/mol. The van der Waals surface area contributed by atoms with Crippen LogP contribution in [0.5, 0.6) is 5.75 Å². The Hall–Kier alpha value is -0.770. The van der Waals surface area contributed by atoms with Gasteiger partial charge in [0.2, 0.25) is 0 Å². The lowest BCUT2D eigenvalue weighted by molar-refractivity contribution is 0.129. The highest BCUT2D eigenvalue weighted by atomic mass is 35.5. The van der Waals surface area contributed by atoms with Gasteiger partial charge in [0.25, 0.3) is 0 Å². The number of aliphatic hydroxyl groups is 1. The zero-order valence-electron chi connectivity index (χ0n) is 10.3. The predicted octanol–water partition coefficient (Wildman–Crippen LogP) is 3.20. The minimum Gasteiger partial charge on any atom is -0.493 e. The van der Waals surface area contributed by atoms with E-state index >= 15 is 0 Å². The van der Waals surface area contributed by atoms with Crippen molar-refractivity contribution in [2.45, 2.75) is 26.4 Å². The van der Waals surface area contributed by atoms with E-state index in [0.717, 1.165) is 13.0 Å². The molecule has 0 amide bonds. The van der Waals surface area contributed by atoms with Crippen LogP contribution in [0.4, 0.5) is 0 Å². The molecule has 0 saturated carbocycles. The quantitative estimate of drug-likeness (QED) is 0.764. The molecule has 0 fully saturated rings. The van der Waals surface area contributed by atoms with Crippen molar-refractivity contribution >= 4 is 11.6 Å². The Kier molecular flexibility index (Phi) is 6.34. The minimum absolute atomic E-state index is 0.571. The first kappa shape index (κ1) is 14.3. The van der Waals surface area contributed by atoms with E-state index in [2.05, 4.69) is 0 Å². The molecule has 0 heterocycles. The van der Waals surface area contributed by atoms with Crippen LogP contribution < -0.4 is 4.74 Å². The number of hydrogen-bond acceptors (Lipinski definition) is 3. The zero-order chi connectivity index (χ0) is 12.7. The fourth-order valence-corrected chi connectivity index (χ4v) is 1.65. The summed E-state index contributed by atoms with van der Waals surface area (Å²) in [5, 5.41) is 10.2. The Morgan fingerprint density at radius 1 is 1.35 bits per heavy atom. The third-order valence-electron chi connectivity index (χ3n) is 2.32. The molecule has 0 aliphatic rings. The fraction of sp³-hybridized carbons (Fsp3) is 0.538. The Bertz CT molecular complexity index is 339. The molecule has 4 heteroatoms. The number of hydrogen-bond donors (Lipinski definition) is 1. The second-order valence-corrected chi connectivity index (χ2v) is 4.19. The van der Waals surface area contributed by atoms with E-state index in [9.17, 15) is 5.11 Å². The summed E-state index contributed by atoms with van der Waals surface area (Å²) in [5.74, 6) is 0.681. The first-order chi connectivity index (χ1) is 8.15. The Morgan fingerprint density at radius 2 is 2.12 bits per heavy atom. The van der Waals surface area contributed by atoms with Crippen LogP contribution in [0.1, 0.15) is 31.9 Å². The molecule has 0 saturated heterocycles. The maximum Gasteiger partial charge on any atom is 0.125 e. The maximum absolute atomic E-state index is 9.61. The van der Waals surface area contributed by atoms with Crippen LogP contribution in [0, 0.1) is 0 Å². The average molecular weight is 259 g/mol. The molecule has 1 atom stereocenters. The third-order valence-corrected chi connectivity index (χ3v) is 2.55.